The lowest BCUT2D eigenvalue weighted by Crippen LogP contribution is -2.32. The van der Waals surface area contributed by atoms with Gasteiger partial charge in [0, 0.05) is 30.7 Å². The van der Waals surface area contributed by atoms with E-state index in [-0.39, 0.29) is 24.4 Å². The summed E-state index contributed by atoms with van der Waals surface area (Å²) in [6, 6.07) is 4.19. The maximum atomic E-state index is 13.9. The zero-order chi connectivity index (χ0) is 21.0. The first-order valence-electron chi connectivity index (χ1n) is 9.94. The molecule has 5 rings (SSSR count). The number of nitrogens with zero attached hydrogens (tertiary/aromatic N) is 4. The molecule has 2 aliphatic heterocycles. The molecule has 1 aromatic carbocycles. The molecule has 30 heavy (non-hydrogen) atoms. The Labute approximate surface area is 176 Å². The number of cyclic esters (lactones) is 1. The molecule has 0 atom stereocenters. The molecule has 0 aliphatic carbocycles. The van der Waals surface area contributed by atoms with Gasteiger partial charge in [-0.3, -0.25) is 4.79 Å². The summed E-state index contributed by atoms with van der Waals surface area (Å²) in [5.74, 6) is -0.283. The number of halogens is 2. The Bertz CT molecular complexity index is 1240. The monoisotopic (exact) mass is 430 g/mol. The highest BCUT2D eigenvalue weighted by Crippen LogP contribution is 2.31. The van der Waals surface area contributed by atoms with Crippen LogP contribution in [-0.2, 0) is 24.9 Å². The summed E-state index contributed by atoms with van der Waals surface area (Å²) in [7, 11) is 1.56. The minimum Gasteiger partial charge on any atom is -0.456 e. The highest BCUT2D eigenvalue weighted by molar-refractivity contribution is 6.31. The van der Waals surface area contributed by atoms with E-state index in [1.54, 1.807) is 11.6 Å². The molecule has 4 heterocycles. The molecule has 0 bridgehead atoms. The van der Waals surface area contributed by atoms with E-state index in [9.17, 15) is 14.0 Å². The highest BCUT2D eigenvalue weighted by Gasteiger charge is 2.32. The van der Waals surface area contributed by atoms with E-state index < -0.39 is 11.8 Å². The Kier molecular flexibility index (Phi) is 4.54. The molecule has 0 amide bonds. The van der Waals surface area contributed by atoms with Crippen molar-refractivity contribution in [2.45, 2.75) is 32.4 Å². The molecular weight excluding hydrogens is 411 g/mol. The fraction of sp³-hybridized carbons (Fsp3) is 0.381. The van der Waals surface area contributed by atoms with Crippen molar-refractivity contribution in [1.29, 1.82) is 0 Å². The molecule has 156 valence electrons. The molecule has 1 saturated heterocycles. The van der Waals surface area contributed by atoms with Gasteiger partial charge in [0.15, 0.2) is 0 Å². The van der Waals surface area contributed by atoms with E-state index in [1.165, 1.54) is 22.8 Å². The van der Waals surface area contributed by atoms with E-state index in [0.717, 1.165) is 32.4 Å². The van der Waals surface area contributed by atoms with Gasteiger partial charge in [0.1, 0.15) is 29.2 Å². The second-order valence-corrected chi connectivity index (χ2v) is 8.15. The number of aromatic nitrogens is 3. The maximum Gasteiger partial charge on any atom is 0.355 e. The summed E-state index contributed by atoms with van der Waals surface area (Å²) in [4.78, 5) is 32.4. The van der Waals surface area contributed by atoms with Crippen molar-refractivity contribution in [2.24, 2.45) is 7.05 Å². The van der Waals surface area contributed by atoms with Gasteiger partial charge in [-0.05, 0) is 43.0 Å². The average molecular weight is 431 g/mol. The number of carbonyl (C=O) groups excluding carboxylic acids is 1. The molecule has 2 aromatic heterocycles. The van der Waals surface area contributed by atoms with Crippen LogP contribution in [0, 0.1) is 5.82 Å². The van der Waals surface area contributed by atoms with E-state index in [1.807, 2.05) is 0 Å². The van der Waals surface area contributed by atoms with Crippen LogP contribution in [0.2, 0.25) is 5.02 Å². The van der Waals surface area contributed by atoms with Crippen LogP contribution >= 0.6 is 11.6 Å². The molecule has 0 saturated carbocycles. The predicted octanol–water partition coefficient (Wildman–Crippen LogP) is 3.24. The van der Waals surface area contributed by atoms with Gasteiger partial charge in [-0.25, -0.2) is 14.2 Å². The first kappa shape index (κ1) is 19.1. The Morgan fingerprint density at radius 3 is 2.73 bits per heavy atom. The lowest BCUT2D eigenvalue weighted by molar-refractivity contribution is 0.0528. The first-order valence-corrected chi connectivity index (χ1v) is 10.3. The Morgan fingerprint density at radius 2 is 1.97 bits per heavy atom. The van der Waals surface area contributed by atoms with E-state index >= 15 is 0 Å². The fourth-order valence-corrected chi connectivity index (χ4v) is 4.54. The van der Waals surface area contributed by atoms with Crippen LogP contribution in [0.25, 0.3) is 11.0 Å². The Balaban J connectivity index is 1.78. The number of piperidine rings is 1. The standard InChI is InChI=1S/C21H20ClFN4O3/c1-25-17-14(11-30-20(17)29)16-18(19(25)28)27(10-12-9-13(23)5-6-15(12)22)21(24-16)26-7-3-2-4-8-26/h5-6,9H,2-4,7-8,10-11H2,1H3. The first-order chi connectivity index (χ1) is 14.5. The molecule has 0 unspecified atom stereocenters. The minimum atomic E-state index is -0.520. The third-order valence-corrected chi connectivity index (χ3v) is 6.25. The number of rotatable bonds is 3. The quantitative estimate of drug-likeness (QED) is 0.597. The summed E-state index contributed by atoms with van der Waals surface area (Å²) in [5.41, 5.74) is 1.91. The van der Waals surface area contributed by atoms with E-state index in [2.05, 4.69) is 4.90 Å². The molecule has 0 spiro atoms. The number of anilines is 1. The van der Waals surface area contributed by atoms with Crippen LogP contribution < -0.4 is 10.5 Å². The number of esters is 1. The van der Waals surface area contributed by atoms with E-state index in [4.69, 9.17) is 21.3 Å². The van der Waals surface area contributed by atoms with Crippen molar-refractivity contribution >= 4 is 34.6 Å². The zero-order valence-corrected chi connectivity index (χ0v) is 17.2. The van der Waals surface area contributed by atoms with Crippen LogP contribution in [-0.4, -0.2) is 33.2 Å². The molecular formula is C21H20ClFN4O3. The van der Waals surface area contributed by atoms with Crippen LogP contribution in [0.15, 0.2) is 23.0 Å². The van der Waals surface area contributed by atoms with Gasteiger partial charge >= 0.3 is 5.97 Å². The predicted molar refractivity (Wildman–Crippen MR) is 111 cm³/mol. The van der Waals surface area contributed by atoms with Crippen LogP contribution in [0.3, 0.4) is 0 Å². The lowest BCUT2D eigenvalue weighted by Gasteiger charge is -2.28. The molecule has 0 radical (unpaired) electrons. The van der Waals surface area contributed by atoms with Crippen molar-refractivity contribution in [3.8, 4) is 0 Å². The van der Waals surface area contributed by atoms with Crippen molar-refractivity contribution in [2.75, 3.05) is 18.0 Å². The second-order valence-electron chi connectivity index (χ2n) is 7.75. The van der Waals surface area contributed by atoms with Crippen LogP contribution in [0.1, 0.15) is 40.9 Å². The molecule has 3 aromatic rings. The number of carbonyl (C=O) groups is 1. The lowest BCUT2D eigenvalue weighted by atomic mass is 10.1. The number of imidazole rings is 1. The third-order valence-electron chi connectivity index (χ3n) is 5.88. The molecule has 7 nitrogen and oxygen atoms in total. The van der Waals surface area contributed by atoms with Gasteiger partial charge in [0.2, 0.25) is 5.95 Å². The van der Waals surface area contributed by atoms with Crippen LogP contribution in [0.5, 0.6) is 0 Å². The summed E-state index contributed by atoms with van der Waals surface area (Å²) in [6.07, 6.45) is 3.20. The topological polar surface area (TPSA) is 69.4 Å². The molecule has 9 heteroatoms. The Morgan fingerprint density at radius 1 is 1.20 bits per heavy atom. The number of hydrogen-bond donors (Lipinski definition) is 0. The summed E-state index contributed by atoms with van der Waals surface area (Å²) in [5, 5.41) is 0.416. The fourth-order valence-electron chi connectivity index (χ4n) is 4.37. The van der Waals surface area contributed by atoms with Gasteiger partial charge in [0.05, 0.1) is 6.54 Å². The minimum absolute atomic E-state index is 0.0793. The Hall–Kier alpha value is -2.87. The smallest absolute Gasteiger partial charge is 0.355 e. The van der Waals surface area contributed by atoms with Gasteiger partial charge in [0.25, 0.3) is 5.56 Å². The number of benzene rings is 1. The summed E-state index contributed by atoms with van der Waals surface area (Å²) < 4.78 is 22.2. The largest absolute Gasteiger partial charge is 0.456 e. The van der Waals surface area contributed by atoms with Gasteiger partial charge in [-0.15, -0.1) is 0 Å². The third kappa shape index (κ3) is 2.89. The van der Waals surface area contributed by atoms with Crippen molar-refractivity contribution in [3.63, 3.8) is 0 Å². The number of ether oxygens (including phenoxy) is 1. The average Bonchev–Trinajstić information content (AvgIpc) is 3.31. The molecule has 2 aliphatic rings. The maximum absolute atomic E-state index is 13.9. The van der Waals surface area contributed by atoms with Crippen molar-refractivity contribution in [1.82, 2.24) is 14.1 Å². The second kappa shape index (κ2) is 7.12. The van der Waals surface area contributed by atoms with E-state index in [0.29, 0.717) is 33.1 Å². The SMILES string of the molecule is Cn1c2c(c3nc(N4CCCCC4)n(Cc4cc(F)ccc4Cl)c3c1=O)COC2=O. The number of hydrogen-bond acceptors (Lipinski definition) is 5. The summed E-state index contributed by atoms with van der Waals surface area (Å²) in [6.45, 7) is 1.91. The summed E-state index contributed by atoms with van der Waals surface area (Å²) >= 11 is 6.32. The van der Waals surface area contributed by atoms with Crippen molar-refractivity contribution < 1.29 is 13.9 Å². The molecule has 1 fully saturated rings. The molecule has 0 N–H and O–H groups in total. The highest BCUT2D eigenvalue weighted by atomic mass is 35.5. The van der Waals surface area contributed by atoms with Gasteiger partial charge in [-0.1, -0.05) is 11.6 Å². The number of fused-ring (bicyclic) bond motifs is 3. The van der Waals surface area contributed by atoms with Gasteiger partial charge in [-0.2, -0.15) is 0 Å². The van der Waals surface area contributed by atoms with Gasteiger partial charge < -0.3 is 18.8 Å². The van der Waals surface area contributed by atoms with Crippen molar-refractivity contribution in [3.05, 3.63) is 56.2 Å². The zero-order valence-electron chi connectivity index (χ0n) is 16.5. The normalized spacial score (nSPS) is 16.2. The number of pyridine rings is 1. The van der Waals surface area contributed by atoms with Crippen LogP contribution in [0.4, 0.5) is 10.3 Å².